The Labute approximate surface area is 230 Å². The van der Waals surface area contributed by atoms with E-state index in [1.807, 2.05) is 43.3 Å². The molecule has 0 aliphatic carbocycles. The number of amides is 1. The van der Waals surface area contributed by atoms with Crippen LogP contribution in [0.15, 0.2) is 65.1 Å². The van der Waals surface area contributed by atoms with Crippen LogP contribution in [0.1, 0.15) is 40.9 Å². The first-order valence-corrected chi connectivity index (χ1v) is 14.7. The maximum Gasteiger partial charge on any atom is 0.340 e. The summed E-state index contributed by atoms with van der Waals surface area (Å²) >= 11 is 9.96. The Morgan fingerprint density at radius 2 is 1.68 bits per heavy atom. The Morgan fingerprint density at radius 3 is 2.32 bits per heavy atom. The lowest BCUT2D eigenvalue weighted by molar-refractivity contribution is -0.119. The van der Waals surface area contributed by atoms with E-state index >= 15 is 0 Å². The minimum atomic E-state index is -3.50. The standard InChI is InChI=1S/C27H29BrClN2O5P/c1-4-35-37(34,36-5-2)17-26(32)30-16-19-14-20(28)10-13-25(19)31-21-11-12-23(24(29)15-21)27(33)22-9-7-6-8-18(22)3/h6-15,31H,4-5,16-17H2,1-3H3,(H,30,32). The van der Waals surface area contributed by atoms with Gasteiger partial charge in [-0.2, -0.15) is 0 Å². The largest absolute Gasteiger partial charge is 0.355 e. The molecule has 37 heavy (non-hydrogen) atoms. The summed E-state index contributed by atoms with van der Waals surface area (Å²) < 4.78 is 23.9. The average Bonchev–Trinajstić information content (AvgIpc) is 2.84. The topological polar surface area (TPSA) is 93.7 Å². The summed E-state index contributed by atoms with van der Waals surface area (Å²) in [6, 6.07) is 18.1. The highest BCUT2D eigenvalue weighted by Crippen LogP contribution is 2.47. The zero-order valence-electron chi connectivity index (χ0n) is 20.8. The molecular formula is C27H29BrClN2O5P. The van der Waals surface area contributed by atoms with E-state index in [0.29, 0.717) is 21.8 Å². The lowest BCUT2D eigenvalue weighted by Crippen LogP contribution is -2.27. The van der Waals surface area contributed by atoms with Crippen LogP contribution in [0, 0.1) is 6.92 Å². The number of carbonyl (C=O) groups excluding carboxylic acids is 2. The molecule has 0 saturated carbocycles. The van der Waals surface area contributed by atoms with Crippen LogP contribution in [0.5, 0.6) is 0 Å². The molecule has 196 valence electrons. The highest BCUT2D eigenvalue weighted by molar-refractivity contribution is 9.10. The summed E-state index contributed by atoms with van der Waals surface area (Å²) in [6.07, 6.45) is -0.364. The molecule has 10 heteroatoms. The lowest BCUT2D eigenvalue weighted by Gasteiger charge is -2.17. The molecule has 0 radical (unpaired) electrons. The van der Waals surface area contributed by atoms with E-state index in [1.165, 1.54) is 0 Å². The Hall–Kier alpha value is -2.48. The van der Waals surface area contributed by atoms with Gasteiger partial charge in [-0.25, -0.2) is 0 Å². The van der Waals surface area contributed by atoms with Crippen LogP contribution in [0.2, 0.25) is 5.02 Å². The molecule has 0 aliphatic rings. The number of hydrogen-bond acceptors (Lipinski definition) is 6. The summed E-state index contributed by atoms with van der Waals surface area (Å²) in [7, 11) is -3.50. The molecule has 0 unspecified atom stereocenters. The molecule has 0 spiro atoms. The van der Waals surface area contributed by atoms with Crippen LogP contribution in [0.4, 0.5) is 11.4 Å². The van der Waals surface area contributed by atoms with Crippen molar-refractivity contribution in [2.75, 3.05) is 24.7 Å². The molecule has 0 bridgehead atoms. The third-order valence-corrected chi connectivity index (χ3v) is 8.20. The Morgan fingerprint density at radius 1 is 0.973 bits per heavy atom. The van der Waals surface area contributed by atoms with Crippen molar-refractivity contribution in [2.24, 2.45) is 0 Å². The zero-order valence-corrected chi connectivity index (χ0v) is 24.1. The van der Waals surface area contributed by atoms with Gasteiger partial charge in [0.05, 0.1) is 18.2 Å². The number of anilines is 2. The number of halogens is 2. The number of aryl methyl sites for hydroxylation is 1. The highest BCUT2D eigenvalue weighted by Gasteiger charge is 2.27. The van der Waals surface area contributed by atoms with Crippen LogP contribution in [-0.4, -0.2) is 31.1 Å². The van der Waals surface area contributed by atoms with Crippen molar-refractivity contribution in [3.63, 3.8) is 0 Å². The SMILES string of the molecule is CCOP(=O)(CC(=O)NCc1cc(Br)ccc1Nc1ccc(C(=O)c2ccccc2C)c(Cl)c1)OCC. The second kappa shape index (κ2) is 13.4. The number of carbonyl (C=O) groups is 2. The predicted molar refractivity (Wildman–Crippen MR) is 151 cm³/mol. The Kier molecular flexibility index (Phi) is 10.5. The molecule has 7 nitrogen and oxygen atoms in total. The number of benzene rings is 3. The van der Waals surface area contributed by atoms with Gasteiger partial charge in [-0.1, -0.05) is 51.8 Å². The third-order valence-electron chi connectivity index (χ3n) is 5.41. The predicted octanol–water partition coefficient (Wildman–Crippen LogP) is 7.27. The quantitative estimate of drug-likeness (QED) is 0.166. The van der Waals surface area contributed by atoms with Crippen molar-refractivity contribution < 1.29 is 23.2 Å². The van der Waals surface area contributed by atoms with E-state index in [1.54, 1.807) is 38.1 Å². The van der Waals surface area contributed by atoms with Crippen LogP contribution in [-0.2, 0) is 25.0 Å². The summed E-state index contributed by atoms with van der Waals surface area (Å²) in [6.45, 7) is 5.82. The minimum Gasteiger partial charge on any atom is -0.355 e. The fourth-order valence-corrected chi connectivity index (χ4v) is 5.87. The van der Waals surface area contributed by atoms with Crippen LogP contribution >= 0.6 is 35.1 Å². The maximum absolute atomic E-state index is 13.0. The molecule has 2 N–H and O–H groups in total. The van der Waals surface area contributed by atoms with Crippen LogP contribution in [0.3, 0.4) is 0 Å². The van der Waals surface area contributed by atoms with Gasteiger partial charge in [-0.05, 0) is 68.3 Å². The molecule has 0 aliphatic heterocycles. The highest BCUT2D eigenvalue weighted by atomic mass is 79.9. The fraction of sp³-hybridized carbons (Fsp3) is 0.259. The monoisotopic (exact) mass is 606 g/mol. The molecule has 1 amide bonds. The molecule has 3 rings (SSSR count). The van der Waals surface area contributed by atoms with E-state index in [0.717, 1.165) is 21.3 Å². The van der Waals surface area contributed by atoms with Gasteiger partial charge in [0.2, 0.25) is 5.91 Å². The summed E-state index contributed by atoms with van der Waals surface area (Å²) in [4.78, 5) is 25.5. The van der Waals surface area contributed by atoms with Gasteiger partial charge in [-0.3, -0.25) is 14.2 Å². The Balaban J connectivity index is 1.74. The fourth-order valence-electron chi connectivity index (χ4n) is 3.68. The van der Waals surface area contributed by atoms with Gasteiger partial charge in [0.15, 0.2) is 5.78 Å². The second-order valence-electron chi connectivity index (χ2n) is 8.15. The van der Waals surface area contributed by atoms with E-state index in [4.69, 9.17) is 20.6 Å². The molecular weight excluding hydrogens is 579 g/mol. The maximum atomic E-state index is 13.0. The molecule has 3 aromatic rings. The third kappa shape index (κ3) is 8.00. The number of ketones is 1. The molecule has 0 atom stereocenters. The summed E-state index contributed by atoms with van der Waals surface area (Å²) in [5, 5.41) is 6.41. The van der Waals surface area contributed by atoms with Gasteiger partial charge in [0.1, 0.15) is 6.16 Å². The molecule has 0 saturated heterocycles. The molecule has 0 heterocycles. The lowest BCUT2D eigenvalue weighted by atomic mass is 9.99. The van der Waals surface area contributed by atoms with Crippen LogP contribution in [0.25, 0.3) is 0 Å². The molecule has 0 aromatic heterocycles. The van der Waals surface area contributed by atoms with Gasteiger partial charge < -0.3 is 19.7 Å². The summed E-state index contributed by atoms with van der Waals surface area (Å²) in [5.74, 6) is -0.587. The van der Waals surface area contributed by atoms with Gasteiger partial charge in [-0.15, -0.1) is 0 Å². The van der Waals surface area contributed by atoms with Crippen molar-refractivity contribution in [3.05, 3.63) is 92.4 Å². The van der Waals surface area contributed by atoms with E-state index in [-0.39, 0.29) is 31.7 Å². The molecule has 3 aromatic carbocycles. The zero-order chi connectivity index (χ0) is 27.0. The van der Waals surface area contributed by atoms with Crippen molar-refractivity contribution >= 4 is 58.2 Å². The number of hydrogen-bond donors (Lipinski definition) is 2. The normalized spacial score (nSPS) is 11.3. The van der Waals surface area contributed by atoms with Gasteiger partial charge in [0.25, 0.3) is 0 Å². The van der Waals surface area contributed by atoms with E-state index in [9.17, 15) is 14.2 Å². The van der Waals surface area contributed by atoms with Crippen molar-refractivity contribution in [3.8, 4) is 0 Å². The minimum absolute atomic E-state index is 0.141. The van der Waals surface area contributed by atoms with Crippen LogP contribution < -0.4 is 10.6 Å². The van der Waals surface area contributed by atoms with Crippen molar-refractivity contribution in [1.82, 2.24) is 5.32 Å². The summed E-state index contributed by atoms with van der Waals surface area (Å²) in [5.41, 5.74) is 4.09. The second-order valence-corrected chi connectivity index (χ2v) is 11.5. The van der Waals surface area contributed by atoms with Crippen molar-refractivity contribution in [1.29, 1.82) is 0 Å². The average molecular weight is 608 g/mol. The van der Waals surface area contributed by atoms with Gasteiger partial charge >= 0.3 is 7.60 Å². The van der Waals surface area contributed by atoms with Gasteiger partial charge in [0, 0.05) is 33.5 Å². The Bertz CT molecular complexity index is 1320. The molecule has 0 fully saturated rings. The van der Waals surface area contributed by atoms with E-state index < -0.39 is 13.5 Å². The first-order chi connectivity index (χ1) is 17.7. The first-order valence-electron chi connectivity index (χ1n) is 11.8. The first kappa shape index (κ1) is 29.1. The number of nitrogens with one attached hydrogen (secondary N) is 2. The number of rotatable bonds is 12. The van der Waals surface area contributed by atoms with E-state index in [2.05, 4.69) is 26.6 Å². The van der Waals surface area contributed by atoms with Crippen molar-refractivity contribution in [2.45, 2.75) is 27.3 Å². The smallest absolute Gasteiger partial charge is 0.340 e.